The summed E-state index contributed by atoms with van der Waals surface area (Å²) in [4.78, 5) is 10.6. The summed E-state index contributed by atoms with van der Waals surface area (Å²) in [7, 11) is -4.12. The van der Waals surface area contributed by atoms with Crippen LogP contribution in [0, 0.1) is 17.7 Å². The van der Waals surface area contributed by atoms with Gasteiger partial charge >= 0.3 is 0 Å². The van der Waals surface area contributed by atoms with Gasteiger partial charge in [0.15, 0.2) is 0 Å². The number of benzene rings is 1. The molecule has 1 aromatic rings. The van der Waals surface area contributed by atoms with Crippen LogP contribution < -0.4 is 10.0 Å². The number of aliphatic hydroxyl groups excluding tert-OH is 1. The summed E-state index contributed by atoms with van der Waals surface area (Å²) in [5.74, 6) is 3.30. The van der Waals surface area contributed by atoms with Crippen molar-refractivity contribution in [1.29, 1.82) is 0 Å². The number of hydrogen-bond donors (Lipinski definition) is 3. The van der Waals surface area contributed by atoms with Crippen molar-refractivity contribution in [3.05, 3.63) is 29.6 Å². The summed E-state index contributed by atoms with van der Waals surface area (Å²) in [6, 6.07) is 3.31. The first-order valence-electron chi connectivity index (χ1n) is 6.06. The molecule has 0 aromatic heterocycles. The fourth-order valence-corrected chi connectivity index (χ4v) is 2.48. The molecule has 0 aliphatic rings. The first kappa shape index (κ1) is 17.1. The number of carbonyl (C=O) groups excluding carboxylic acids is 1. The monoisotopic (exact) mass is 314 g/mol. The maximum Gasteiger partial charge on any atom is 0.243 e. The van der Waals surface area contributed by atoms with Crippen molar-refractivity contribution < 1.29 is 22.7 Å². The van der Waals surface area contributed by atoms with Gasteiger partial charge in [-0.1, -0.05) is 11.8 Å². The van der Waals surface area contributed by atoms with E-state index in [-0.39, 0.29) is 12.2 Å². The van der Waals surface area contributed by atoms with E-state index in [1.807, 2.05) is 4.72 Å². The molecule has 0 heterocycles. The second-order valence-corrected chi connectivity index (χ2v) is 5.62. The minimum Gasteiger partial charge on any atom is -0.384 e. The predicted molar refractivity (Wildman–Crippen MR) is 74.2 cm³/mol. The SMILES string of the molecule is CCNC(=O)CNS(=O)(=O)c1ccc(C#CCO)cc1F. The molecule has 1 rings (SSSR count). The van der Waals surface area contributed by atoms with E-state index >= 15 is 0 Å². The van der Waals surface area contributed by atoms with Crippen LogP contribution in [0.5, 0.6) is 0 Å². The van der Waals surface area contributed by atoms with Crippen molar-refractivity contribution in [1.82, 2.24) is 10.0 Å². The van der Waals surface area contributed by atoms with E-state index in [4.69, 9.17) is 5.11 Å². The molecule has 21 heavy (non-hydrogen) atoms. The Morgan fingerprint density at radius 2 is 2.14 bits per heavy atom. The van der Waals surface area contributed by atoms with Gasteiger partial charge in [0.25, 0.3) is 0 Å². The highest BCUT2D eigenvalue weighted by Gasteiger charge is 2.19. The number of amides is 1. The Morgan fingerprint density at radius 1 is 1.43 bits per heavy atom. The Balaban J connectivity index is 2.91. The Kier molecular flexibility index (Phi) is 6.30. The van der Waals surface area contributed by atoms with Gasteiger partial charge in [0.05, 0.1) is 6.54 Å². The van der Waals surface area contributed by atoms with Gasteiger partial charge in [-0.15, -0.1) is 0 Å². The lowest BCUT2D eigenvalue weighted by Gasteiger charge is -2.08. The van der Waals surface area contributed by atoms with Gasteiger partial charge < -0.3 is 10.4 Å². The second kappa shape index (κ2) is 7.73. The fourth-order valence-electron chi connectivity index (χ4n) is 1.44. The summed E-state index contributed by atoms with van der Waals surface area (Å²) >= 11 is 0. The standard InChI is InChI=1S/C13H15FN2O4S/c1-2-15-13(18)9-16-21(19,20)12-6-5-10(4-3-7-17)8-11(12)14/h5-6,8,16-17H,2,7,9H2,1H3,(H,15,18). The second-order valence-electron chi connectivity index (χ2n) is 3.88. The number of aliphatic hydroxyl groups is 1. The number of carbonyl (C=O) groups is 1. The van der Waals surface area contributed by atoms with Crippen molar-refractivity contribution in [2.45, 2.75) is 11.8 Å². The van der Waals surface area contributed by atoms with E-state index in [0.29, 0.717) is 6.54 Å². The lowest BCUT2D eigenvalue weighted by Crippen LogP contribution is -2.37. The van der Waals surface area contributed by atoms with Gasteiger partial charge in [0, 0.05) is 12.1 Å². The molecule has 114 valence electrons. The number of hydrogen-bond acceptors (Lipinski definition) is 4. The van der Waals surface area contributed by atoms with Crippen LogP contribution in [0.25, 0.3) is 0 Å². The zero-order valence-corrected chi connectivity index (χ0v) is 12.1. The van der Waals surface area contributed by atoms with Crippen molar-refractivity contribution in [3.63, 3.8) is 0 Å². The summed E-state index contributed by atoms with van der Waals surface area (Å²) in [6.45, 7) is 1.21. The molecule has 1 amide bonds. The number of halogens is 1. The minimum absolute atomic E-state index is 0.240. The Labute approximate surface area is 122 Å². The third-order valence-corrected chi connectivity index (χ3v) is 3.76. The summed E-state index contributed by atoms with van der Waals surface area (Å²) in [6.07, 6.45) is 0. The molecule has 0 fully saturated rings. The van der Waals surface area contributed by atoms with Gasteiger partial charge in [0.2, 0.25) is 15.9 Å². The third-order valence-electron chi connectivity index (χ3n) is 2.33. The van der Waals surface area contributed by atoms with Crippen LogP contribution in [0.3, 0.4) is 0 Å². The molecule has 6 nitrogen and oxygen atoms in total. The summed E-state index contributed by atoms with van der Waals surface area (Å²) in [5.41, 5.74) is 0.240. The predicted octanol–water partition coefficient (Wildman–Crippen LogP) is -0.416. The van der Waals surface area contributed by atoms with Crippen LogP contribution in [0.15, 0.2) is 23.1 Å². The highest BCUT2D eigenvalue weighted by molar-refractivity contribution is 7.89. The average molecular weight is 314 g/mol. The molecule has 0 bridgehead atoms. The summed E-state index contributed by atoms with van der Waals surface area (Å²) < 4.78 is 39.6. The van der Waals surface area contributed by atoms with E-state index in [2.05, 4.69) is 17.2 Å². The van der Waals surface area contributed by atoms with Gasteiger partial charge in [-0.25, -0.2) is 17.5 Å². The first-order chi connectivity index (χ1) is 9.90. The van der Waals surface area contributed by atoms with E-state index in [0.717, 1.165) is 12.1 Å². The molecule has 0 unspecified atom stereocenters. The zero-order chi connectivity index (χ0) is 15.9. The Bertz CT molecular complexity index is 677. The van der Waals surface area contributed by atoms with Crippen LogP contribution in [0.2, 0.25) is 0 Å². The van der Waals surface area contributed by atoms with Crippen molar-refractivity contribution >= 4 is 15.9 Å². The molecule has 0 saturated carbocycles. The molecule has 0 saturated heterocycles. The number of sulfonamides is 1. The normalized spacial score (nSPS) is 10.6. The molecule has 0 aliphatic carbocycles. The number of rotatable bonds is 5. The van der Waals surface area contributed by atoms with Gasteiger partial charge in [-0.05, 0) is 25.1 Å². The molecule has 0 aliphatic heterocycles. The van der Waals surface area contributed by atoms with E-state index in [1.165, 1.54) is 6.07 Å². The molecule has 0 spiro atoms. The average Bonchev–Trinajstić information content (AvgIpc) is 2.43. The van der Waals surface area contributed by atoms with Gasteiger partial charge in [-0.3, -0.25) is 4.79 Å². The van der Waals surface area contributed by atoms with Gasteiger partial charge in [-0.2, -0.15) is 0 Å². The lowest BCUT2D eigenvalue weighted by molar-refractivity contribution is -0.119. The van der Waals surface area contributed by atoms with Crippen LogP contribution >= 0.6 is 0 Å². The fraction of sp³-hybridized carbons (Fsp3) is 0.308. The smallest absolute Gasteiger partial charge is 0.243 e. The molecule has 3 N–H and O–H groups in total. The van der Waals surface area contributed by atoms with Crippen LogP contribution in [0.1, 0.15) is 12.5 Å². The molecular weight excluding hydrogens is 299 g/mol. The first-order valence-corrected chi connectivity index (χ1v) is 7.54. The summed E-state index contributed by atoms with van der Waals surface area (Å²) in [5, 5.41) is 11.0. The molecule has 1 aromatic carbocycles. The van der Waals surface area contributed by atoms with Crippen molar-refractivity contribution in [2.75, 3.05) is 19.7 Å². The van der Waals surface area contributed by atoms with E-state index in [1.54, 1.807) is 6.92 Å². The number of likely N-dealkylation sites (N-methyl/N-ethyl adjacent to an activating group) is 1. The molecule has 0 atom stereocenters. The highest BCUT2D eigenvalue weighted by atomic mass is 32.2. The minimum atomic E-state index is -4.12. The van der Waals surface area contributed by atoms with Crippen molar-refractivity contribution in [3.8, 4) is 11.8 Å². The maximum atomic E-state index is 13.8. The quantitative estimate of drug-likeness (QED) is 0.644. The van der Waals surface area contributed by atoms with Gasteiger partial charge in [0.1, 0.15) is 17.3 Å². The molecule has 0 radical (unpaired) electrons. The highest BCUT2D eigenvalue weighted by Crippen LogP contribution is 2.15. The van der Waals surface area contributed by atoms with Crippen molar-refractivity contribution in [2.24, 2.45) is 0 Å². The molecule has 8 heteroatoms. The Hall–Kier alpha value is -1.95. The van der Waals surface area contributed by atoms with E-state index < -0.39 is 33.2 Å². The maximum absolute atomic E-state index is 13.8. The topological polar surface area (TPSA) is 95.5 Å². The third kappa shape index (κ3) is 5.15. The number of nitrogens with one attached hydrogen (secondary N) is 2. The largest absolute Gasteiger partial charge is 0.384 e. The van der Waals surface area contributed by atoms with Crippen LogP contribution in [-0.4, -0.2) is 39.1 Å². The van der Waals surface area contributed by atoms with E-state index in [9.17, 15) is 17.6 Å². The molecular formula is C13H15FN2O4S. The van der Waals surface area contributed by atoms with Crippen LogP contribution in [-0.2, 0) is 14.8 Å². The zero-order valence-electron chi connectivity index (χ0n) is 11.3. The van der Waals surface area contributed by atoms with Crippen LogP contribution in [0.4, 0.5) is 4.39 Å². The Morgan fingerprint density at radius 3 is 2.71 bits per heavy atom. The lowest BCUT2D eigenvalue weighted by atomic mass is 10.2.